The minimum Gasteiger partial charge on any atom is -0.322 e. The summed E-state index contributed by atoms with van der Waals surface area (Å²) in [5, 5.41) is 2.62. The molecule has 0 saturated carbocycles. The van der Waals surface area contributed by atoms with Gasteiger partial charge in [0.25, 0.3) is 5.91 Å². The van der Waals surface area contributed by atoms with Gasteiger partial charge in [-0.15, -0.1) is 0 Å². The molecule has 0 saturated heterocycles. The van der Waals surface area contributed by atoms with Gasteiger partial charge in [0.2, 0.25) is 20.0 Å². The third kappa shape index (κ3) is 5.60. The van der Waals surface area contributed by atoms with E-state index < -0.39 is 36.7 Å². The highest BCUT2D eigenvalue weighted by Crippen LogP contribution is 2.25. The number of rotatable bonds is 10. The molecule has 0 aromatic heterocycles. The van der Waals surface area contributed by atoms with Gasteiger partial charge in [0, 0.05) is 37.4 Å². The maximum Gasteiger partial charge on any atom is 0.255 e. The molecular weight excluding hydrogens is 469 g/mol. The Morgan fingerprint density at radius 1 is 0.848 bits per heavy atom. The van der Waals surface area contributed by atoms with Crippen molar-refractivity contribution in [2.45, 2.75) is 44.4 Å². The molecule has 2 rings (SSSR count). The number of hydrogen-bond acceptors (Lipinski definition) is 5. The average Bonchev–Trinajstić information content (AvgIpc) is 2.76. The van der Waals surface area contributed by atoms with E-state index in [1.165, 1.54) is 22.5 Å². The predicted molar refractivity (Wildman–Crippen MR) is 126 cm³/mol. The van der Waals surface area contributed by atoms with E-state index in [2.05, 4.69) is 5.32 Å². The Morgan fingerprint density at radius 3 is 1.94 bits per heavy atom. The van der Waals surface area contributed by atoms with Gasteiger partial charge in [-0.1, -0.05) is 33.8 Å². The van der Waals surface area contributed by atoms with Gasteiger partial charge >= 0.3 is 0 Å². The average molecular weight is 500 g/mol. The lowest BCUT2D eigenvalue weighted by Gasteiger charge is -2.20. The van der Waals surface area contributed by atoms with E-state index in [4.69, 9.17) is 0 Å². The van der Waals surface area contributed by atoms with E-state index in [0.717, 1.165) is 16.4 Å². The van der Waals surface area contributed by atoms with Crippen molar-refractivity contribution in [3.63, 3.8) is 0 Å². The number of aryl methyl sites for hydroxylation is 1. The van der Waals surface area contributed by atoms with Gasteiger partial charge in [0.05, 0.1) is 4.90 Å². The normalized spacial score (nSPS) is 12.4. The lowest BCUT2D eigenvalue weighted by atomic mass is 10.1. The molecule has 0 spiro atoms. The molecule has 0 aliphatic heterocycles. The third-order valence-electron chi connectivity index (χ3n) is 5.32. The first-order chi connectivity index (χ1) is 15.4. The van der Waals surface area contributed by atoms with E-state index in [1.54, 1.807) is 40.7 Å². The number of carbonyl (C=O) groups is 1. The summed E-state index contributed by atoms with van der Waals surface area (Å²) < 4.78 is 67.9. The Bertz CT molecular complexity index is 1220. The van der Waals surface area contributed by atoms with Gasteiger partial charge in [-0.25, -0.2) is 21.2 Å². The second-order valence-electron chi connectivity index (χ2n) is 7.25. The van der Waals surface area contributed by atoms with Gasteiger partial charge in [0.15, 0.2) is 0 Å². The van der Waals surface area contributed by atoms with Crippen LogP contribution in [0, 0.1) is 12.7 Å². The Morgan fingerprint density at radius 2 is 1.39 bits per heavy atom. The quantitative estimate of drug-likeness (QED) is 0.539. The molecular formula is C22H30FN3O5S2. The molecule has 0 aliphatic carbocycles. The Labute approximate surface area is 195 Å². The van der Waals surface area contributed by atoms with Crippen molar-refractivity contribution in [1.29, 1.82) is 0 Å². The van der Waals surface area contributed by atoms with E-state index in [-0.39, 0.29) is 29.2 Å². The number of sulfonamides is 2. The topological polar surface area (TPSA) is 104 Å². The molecule has 0 unspecified atom stereocenters. The zero-order valence-electron chi connectivity index (χ0n) is 19.4. The lowest BCUT2D eigenvalue weighted by molar-refractivity contribution is 0.102. The van der Waals surface area contributed by atoms with Crippen molar-refractivity contribution in [1.82, 2.24) is 8.61 Å². The minimum absolute atomic E-state index is 0.0241. The smallest absolute Gasteiger partial charge is 0.255 e. The third-order valence-corrected chi connectivity index (χ3v) is 9.43. The van der Waals surface area contributed by atoms with Crippen LogP contribution in [0.5, 0.6) is 0 Å². The standard InChI is InChI=1S/C22H30FN3O5S2/c1-6-25(7-2)32(28,29)18-12-10-16(5)20(15-18)24-22(27)17-11-13-19(23)21(14-17)33(30,31)26(8-3)9-4/h10-15H,6-9H2,1-5H3,(H,24,27). The highest BCUT2D eigenvalue weighted by molar-refractivity contribution is 7.89. The van der Waals surface area contributed by atoms with Crippen LogP contribution in [0.3, 0.4) is 0 Å². The van der Waals surface area contributed by atoms with Gasteiger partial charge in [-0.05, 0) is 42.8 Å². The highest BCUT2D eigenvalue weighted by Gasteiger charge is 2.27. The van der Waals surface area contributed by atoms with Crippen LogP contribution < -0.4 is 5.32 Å². The van der Waals surface area contributed by atoms with Crippen molar-refractivity contribution in [2.75, 3.05) is 31.5 Å². The summed E-state index contributed by atoms with van der Waals surface area (Å²) in [7, 11) is -7.86. The predicted octanol–water partition coefficient (Wildman–Crippen LogP) is 3.45. The van der Waals surface area contributed by atoms with Crippen molar-refractivity contribution in [3.05, 3.63) is 53.3 Å². The van der Waals surface area contributed by atoms with Crippen LogP contribution in [-0.2, 0) is 20.0 Å². The number of carbonyl (C=O) groups excluding carboxylic acids is 1. The summed E-state index contributed by atoms with van der Waals surface area (Å²) in [4.78, 5) is 12.3. The number of nitrogens with one attached hydrogen (secondary N) is 1. The number of benzene rings is 2. The van der Waals surface area contributed by atoms with Gasteiger partial charge < -0.3 is 5.32 Å². The molecule has 0 aliphatic rings. The summed E-state index contributed by atoms with van der Waals surface area (Å²) in [5.41, 5.74) is 0.796. The van der Waals surface area contributed by atoms with Gasteiger partial charge in [-0.3, -0.25) is 4.79 Å². The Balaban J connectivity index is 2.44. The summed E-state index contributed by atoms with van der Waals surface area (Å²) in [6.45, 7) is 9.34. The lowest BCUT2D eigenvalue weighted by Crippen LogP contribution is -2.31. The van der Waals surface area contributed by atoms with E-state index in [0.29, 0.717) is 18.7 Å². The molecule has 11 heteroatoms. The van der Waals surface area contributed by atoms with Gasteiger partial charge in [0.1, 0.15) is 10.7 Å². The minimum atomic E-state index is -4.12. The number of hydrogen-bond donors (Lipinski definition) is 1. The molecule has 2 aromatic carbocycles. The molecule has 8 nitrogen and oxygen atoms in total. The molecule has 182 valence electrons. The largest absolute Gasteiger partial charge is 0.322 e. The highest BCUT2D eigenvalue weighted by atomic mass is 32.2. The van der Waals surface area contributed by atoms with Crippen LogP contribution in [0.2, 0.25) is 0 Å². The van der Waals surface area contributed by atoms with Crippen molar-refractivity contribution in [2.24, 2.45) is 0 Å². The van der Waals surface area contributed by atoms with Crippen molar-refractivity contribution >= 4 is 31.6 Å². The van der Waals surface area contributed by atoms with Crippen LogP contribution in [0.25, 0.3) is 0 Å². The van der Waals surface area contributed by atoms with Crippen molar-refractivity contribution in [3.8, 4) is 0 Å². The Kier molecular flexibility index (Phi) is 8.75. The zero-order chi connectivity index (χ0) is 25.0. The van der Waals surface area contributed by atoms with Crippen molar-refractivity contribution < 1.29 is 26.0 Å². The molecule has 1 amide bonds. The molecule has 2 aromatic rings. The molecule has 0 heterocycles. The first kappa shape index (κ1) is 26.9. The zero-order valence-corrected chi connectivity index (χ0v) is 21.1. The second-order valence-corrected chi connectivity index (χ2v) is 11.1. The fraction of sp³-hybridized carbons (Fsp3) is 0.409. The maximum atomic E-state index is 14.4. The van der Waals surface area contributed by atoms with Crippen LogP contribution in [0.1, 0.15) is 43.6 Å². The number of amides is 1. The molecule has 0 radical (unpaired) electrons. The molecule has 0 bridgehead atoms. The number of halogens is 1. The van der Waals surface area contributed by atoms with Crippen LogP contribution in [0.15, 0.2) is 46.2 Å². The fourth-order valence-corrected chi connectivity index (χ4v) is 6.38. The molecule has 33 heavy (non-hydrogen) atoms. The first-order valence-corrected chi connectivity index (χ1v) is 13.5. The van der Waals surface area contributed by atoms with E-state index in [9.17, 15) is 26.0 Å². The maximum absolute atomic E-state index is 14.4. The van der Waals surface area contributed by atoms with E-state index >= 15 is 0 Å². The number of anilines is 1. The summed E-state index contributed by atoms with van der Waals surface area (Å²) in [6, 6.07) is 7.50. The summed E-state index contributed by atoms with van der Waals surface area (Å²) in [6.07, 6.45) is 0. The van der Waals surface area contributed by atoms with E-state index in [1.807, 2.05) is 0 Å². The number of nitrogens with zero attached hydrogens (tertiary/aromatic N) is 2. The molecule has 0 atom stereocenters. The first-order valence-electron chi connectivity index (χ1n) is 10.7. The molecule has 1 N–H and O–H groups in total. The van der Waals surface area contributed by atoms with Crippen LogP contribution in [0.4, 0.5) is 10.1 Å². The van der Waals surface area contributed by atoms with Crippen LogP contribution >= 0.6 is 0 Å². The Hall–Kier alpha value is -2.34. The SMILES string of the molecule is CCN(CC)S(=O)(=O)c1ccc(C)c(NC(=O)c2ccc(F)c(S(=O)(=O)N(CC)CC)c2)c1. The second kappa shape index (κ2) is 10.7. The summed E-state index contributed by atoms with van der Waals surface area (Å²) >= 11 is 0. The summed E-state index contributed by atoms with van der Waals surface area (Å²) in [5.74, 6) is -1.64. The van der Waals surface area contributed by atoms with Crippen LogP contribution in [-0.4, -0.2) is 57.5 Å². The molecule has 0 fully saturated rings. The fourth-order valence-electron chi connectivity index (χ4n) is 3.35. The van der Waals surface area contributed by atoms with Gasteiger partial charge in [-0.2, -0.15) is 8.61 Å². The monoisotopic (exact) mass is 499 g/mol.